The number of rotatable bonds is 6. The SMILES string of the molecule is CCCCC(=O)NCCc1cn(C)cn1. The number of unbranched alkanes of at least 4 members (excludes halogenated alkanes) is 1. The molecule has 0 saturated carbocycles. The van der Waals surface area contributed by atoms with Gasteiger partial charge in [-0.25, -0.2) is 4.98 Å². The van der Waals surface area contributed by atoms with Crippen LogP contribution in [0.5, 0.6) is 0 Å². The van der Waals surface area contributed by atoms with Crippen LogP contribution in [0.1, 0.15) is 31.9 Å². The normalized spacial score (nSPS) is 10.3. The molecule has 0 radical (unpaired) electrons. The van der Waals surface area contributed by atoms with E-state index in [2.05, 4.69) is 17.2 Å². The van der Waals surface area contributed by atoms with E-state index in [4.69, 9.17) is 0 Å². The Bertz CT molecular complexity index is 307. The highest BCUT2D eigenvalue weighted by molar-refractivity contribution is 5.75. The number of nitrogens with zero attached hydrogens (tertiary/aromatic N) is 2. The molecule has 15 heavy (non-hydrogen) atoms. The first-order valence-corrected chi connectivity index (χ1v) is 5.46. The second kappa shape index (κ2) is 6.22. The summed E-state index contributed by atoms with van der Waals surface area (Å²) in [4.78, 5) is 15.4. The molecular weight excluding hydrogens is 190 g/mol. The largest absolute Gasteiger partial charge is 0.356 e. The van der Waals surface area contributed by atoms with Crippen LogP contribution in [0.2, 0.25) is 0 Å². The second-order valence-corrected chi connectivity index (χ2v) is 3.73. The van der Waals surface area contributed by atoms with Crippen LogP contribution in [0.4, 0.5) is 0 Å². The third-order valence-electron chi connectivity index (χ3n) is 2.22. The van der Waals surface area contributed by atoms with Gasteiger partial charge in [0, 0.05) is 32.6 Å². The number of aromatic nitrogens is 2. The topological polar surface area (TPSA) is 46.9 Å². The van der Waals surface area contributed by atoms with Crippen LogP contribution < -0.4 is 5.32 Å². The molecule has 0 saturated heterocycles. The highest BCUT2D eigenvalue weighted by Crippen LogP contribution is 1.95. The molecule has 1 N–H and O–H groups in total. The van der Waals surface area contributed by atoms with Crippen LogP contribution in [-0.2, 0) is 18.3 Å². The van der Waals surface area contributed by atoms with Crippen molar-refractivity contribution in [3.8, 4) is 0 Å². The molecule has 0 unspecified atom stereocenters. The van der Waals surface area contributed by atoms with Gasteiger partial charge in [0.2, 0.25) is 5.91 Å². The Labute approximate surface area is 90.7 Å². The number of hydrogen-bond acceptors (Lipinski definition) is 2. The molecule has 0 atom stereocenters. The predicted octanol–water partition coefficient (Wildman–Crippen LogP) is 1.27. The lowest BCUT2D eigenvalue weighted by molar-refractivity contribution is -0.121. The van der Waals surface area contributed by atoms with Crippen molar-refractivity contribution >= 4 is 5.91 Å². The maximum absolute atomic E-state index is 11.3. The minimum absolute atomic E-state index is 0.146. The summed E-state index contributed by atoms with van der Waals surface area (Å²) in [7, 11) is 1.94. The molecule has 0 aromatic carbocycles. The highest BCUT2D eigenvalue weighted by Gasteiger charge is 2.00. The molecule has 4 heteroatoms. The van der Waals surface area contributed by atoms with E-state index in [9.17, 15) is 4.79 Å². The fourth-order valence-corrected chi connectivity index (χ4v) is 1.35. The number of carbonyl (C=O) groups is 1. The lowest BCUT2D eigenvalue weighted by atomic mass is 10.2. The maximum Gasteiger partial charge on any atom is 0.220 e. The van der Waals surface area contributed by atoms with E-state index >= 15 is 0 Å². The third-order valence-corrected chi connectivity index (χ3v) is 2.22. The average molecular weight is 209 g/mol. The summed E-state index contributed by atoms with van der Waals surface area (Å²) in [5, 5.41) is 2.89. The Morgan fingerprint density at radius 2 is 2.40 bits per heavy atom. The van der Waals surface area contributed by atoms with Crippen LogP contribution in [0, 0.1) is 0 Å². The average Bonchev–Trinajstić information content (AvgIpc) is 2.61. The van der Waals surface area contributed by atoms with Gasteiger partial charge < -0.3 is 9.88 Å². The quantitative estimate of drug-likeness (QED) is 0.767. The van der Waals surface area contributed by atoms with E-state index in [1.165, 1.54) is 0 Å². The summed E-state index contributed by atoms with van der Waals surface area (Å²) in [6.07, 6.45) is 7.22. The fraction of sp³-hybridized carbons (Fsp3) is 0.636. The summed E-state index contributed by atoms with van der Waals surface area (Å²) in [6, 6.07) is 0. The van der Waals surface area contributed by atoms with Crippen LogP contribution in [0.15, 0.2) is 12.5 Å². The molecule has 1 heterocycles. The third kappa shape index (κ3) is 4.63. The van der Waals surface area contributed by atoms with Gasteiger partial charge in [-0.2, -0.15) is 0 Å². The van der Waals surface area contributed by atoms with Crippen molar-refractivity contribution in [2.24, 2.45) is 7.05 Å². The molecule has 0 fully saturated rings. The molecule has 0 aliphatic heterocycles. The van der Waals surface area contributed by atoms with Crippen molar-refractivity contribution in [3.05, 3.63) is 18.2 Å². The smallest absolute Gasteiger partial charge is 0.220 e. The van der Waals surface area contributed by atoms with Gasteiger partial charge in [-0.15, -0.1) is 0 Å². The summed E-state index contributed by atoms with van der Waals surface area (Å²) in [6.45, 7) is 2.76. The van der Waals surface area contributed by atoms with Crippen molar-refractivity contribution < 1.29 is 4.79 Å². The molecule has 1 aromatic rings. The summed E-state index contributed by atoms with van der Waals surface area (Å²) < 4.78 is 1.91. The molecule has 0 aliphatic carbocycles. The lowest BCUT2D eigenvalue weighted by Gasteiger charge is -2.02. The molecule has 1 aromatic heterocycles. The van der Waals surface area contributed by atoms with Crippen LogP contribution in [-0.4, -0.2) is 22.0 Å². The van der Waals surface area contributed by atoms with Crippen molar-refractivity contribution in [2.75, 3.05) is 6.54 Å². The van der Waals surface area contributed by atoms with Crippen molar-refractivity contribution in [1.82, 2.24) is 14.9 Å². The zero-order valence-corrected chi connectivity index (χ0v) is 9.49. The zero-order valence-electron chi connectivity index (χ0n) is 9.49. The molecule has 0 bridgehead atoms. The lowest BCUT2D eigenvalue weighted by Crippen LogP contribution is -2.25. The highest BCUT2D eigenvalue weighted by atomic mass is 16.1. The first-order valence-electron chi connectivity index (χ1n) is 5.46. The van der Waals surface area contributed by atoms with Gasteiger partial charge in [-0.1, -0.05) is 13.3 Å². The summed E-state index contributed by atoms with van der Waals surface area (Å²) in [5.74, 6) is 0.146. The second-order valence-electron chi connectivity index (χ2n) is 3.73. The predicted molar refractivity (Wildman–Crippen MR) is 59.4 cm³/mol. The molecule has 1 rings (SSSR count). The number of hydrogen-bond donors (Lipinski definition) is 1. The minimum atomic E-state index is 0.146. The summed E-state index contributed by atoms with van der Waals surface area (Å²) >= 11 is 0. The van der Waals surface area contributed by atoms with Gasteiger partial charge in [0.15, 0.2) is 0 Å². The zero-order chi connectivity index (χ0) is 11.1. The Morgan fingerprint density at radius 3 is 3.00 bits per heavy atom. The molecule has 0 spiro atoms. The van der Waals surface area contributed by atoms with Gasteiger partial charge in [-0.05, 0) is 6.42 Å². The maximum atomic E-state index is 11.3. The monoisotopic (exact) mass is 209 g/mol. The first kappa shape index (κ1) is 11.8. The number of aryl methyl sites for hydroxylation is 1. The van der Waals surface area contributed by atoms with Crippen molar-refractivity contribution in [2.45, 2.75) is 32.6 Å². The van der Waals surface area contributed by atoms with Crippen LogP contribution >= 0.6 is 0 Å². The van der Waals surface area contributed by atoms with Gasteiger partial charge in [0.1, 0.15) is 0 Å². The molecule has 4 nitrogen and oxygen atoms in total. The van der Waals surface area contributed by atoms with Crippen LogP contribution in [0.25, 0.3) is 0 Å². The van der Waals surface area contributed by atoms with E-state index in [0.29, 0.717) is 13.0 Å². The van der Waals surface area contributed by atoms with Gasteiger partial charge in [-0.3, -0.25) is 4.79 Å². The van der Waals surface area contributed by atoms with Gasteiger partial charge in [0.25, 0.3) is 0 Å². The summed E-state index contributed by atoms with van der Waals surface area (Å²) in [5.41, 5.74) is 1.02. The fourth-order valence-electron chi connectivity index (χ4n) is 1.35. The molecular formula is C11H19N3O. The minimum Gasteiger partial charge on any atom is -0.356 e. The van der Waals surface area contributed by atoms with E-state index < -0.39 is 0 Å². The van der Waals surface area contributed by atoms with E-state index in [0.717, 1.165) is 25.0 Å². The molecule has 0 aliphatic rings. The van der Waals surface area contributed by atoms with Crippen LogP contribution in [0.3, 0.4) is 0 Å². The molecule has 1 amide bonds. The Morgan fingerprint density at radius 1 is 1.60 bits per heavy atom. The Balaban J connectivity index is 2.13. The van der Waals surface area contributed by atoms with Gasteiger partial charge >= 0.3 is 0 Å². The first-order chi connectivity index (χ1) is 7.22. The van der Waals surface area contributed by atoms with E-state index in [1.807, 2.05) is 17.8 Å². The number of amides is 1. The Hall–Kier alpha value is -1.32. The van der Waals surface area contributed by atoms with Gasteiger partial charge in [0.05, 0.1) is 12.0 Å². The number of carbonyl (C=O) groups excluding carboxylic acids is 1. The Kier molecular flexibility index (Phi) is 4.87. The van der Waals surface area contributed by atoms with E-state index in [-0.39, 0.29) is 5.91 Å². The number of imidazole rings is 1. The van der Waals surface area contributed by atoms with E-state index in [1.54, 1.807) is 6.33 Å². The van der Waals surface area contributed by atoms with Crippen molar-refractivity contribution in [1.29, 1.82) is 0 Å². The number of nitrogens with one attached hydrogen (secondary N) is 1. The van der Waals surface area contributed by atoms with Crippen molar-refractivity contribution in [3.63, 3.8) is 0 Å². The standard InChI is InChI=1S/C11H19N3O/c1-3-4-5-11(15)12-7-6-10-8-14(2)9-13-10/h8-9H,3-7H2,1-2H3,(H,12,15). The molecule has 84 valence electrons.